The average molecular weight is 194 g/mol. The molecule has 11 heavy (non-hydrogen) atoms. The van der Waals surface area contributed by atoms with Gasteiger partial charge in [0.1, 0.15) is 10.4 Å². The Bertz CT molecular complexity index is 128. The molecule has 1 fully saturated rings. The number of hydrogen-bond acceptors (Lipinski definition) is 4. The summed E-state index contributed by atoms with van der Waals surface area (Å²) in [4.78, 5) is -0.377. The Labute approximate surface area is 76.1 Å². The predicted molar refractivity (Wildman–Crippen MR) is 51.0 cm³/mol. The molecule has 1 saturated heterocycles. The summed E-state index contributed by atoms with van der Waals surface area (Å²) in [6, 6.07) is 0. The summed E-state index contributed by atoms with van der Waals surface area (Å²) in [5.41, 5.74) is -0.374. The van der Waals surface area contributed by atoms with Crippen LogP contribution in [0.15, 0.2) is 0 Å². The van der Waals surface area contributed by atoms with Crippen molar-refractivity contribution in [3.8, 4) is 0 Å². The van der Waals surface area contributed by atoms with E-state index in [1.54, 1.807) is 23.5 Å². The molecule has 66 valence electrons. The van der Waals surface area contributed by atoms with Gasteiger partial charge < -0.3 is 9.84 Å². The van der Waals surface area contributed by atoms with Gasteiger partial charge in [-0.1, -0.05) is 0 Å². The largest absolute Gasteiger partial charge is 0.378 e. The van der Waals surface area contributed by atoms with Gasteiger partial charge in [-0.2, -0.15) is 0 Å². The lowest BCUT2D eigenvalue weighted by molar-refractivity contribution is -0.00941. The lowest BCUT2D eigenvalue weighted by Crippen LogP contribution is -2.40. The normalized spacial score (nSPS) is 39.0. The Morgan fingerprint density at radius 1 is 1.64 bits per heavy atom. The molecule has 2 nitrogen and oxygen atoms in total. The highest BCUT2D eigenvalue weighted by Crippen LogP contribution is 2.40. The summed E-state index contributed by atoms with van der Waals surface area (Å²) in [5.74, 6) is 2.09. The van der Waals surface area contributed by atoms with Gasteiger partial charge in [0.25, 0.3) is 0 Å². The van der Waals surface area contributed by atoms with Crippen molar-refractivity contribution >= 4 is 23.5 Å². The average Bonchev–Trinajstić information content (AvgIpc) is 1.96. The van der Waals surface area contributed by atoms with Crippen molar-refractivity contribution in [2.45, 2.75) is 24.2 Å². The van der Waals surface area contributed by atoms with E-state index in [0.29, 0.717) is 6.61 Å². The van der Waals surface area contributed by atoms with Crippen LogP contribution < -0.4 is 0 Å². The minimum atomic E-state index is -0.377. The van der Waals surface area contributed by atoms with Crippen LogP contribution in [0.3, 0.4) is 0 Å². The van der Waals surface area contributed by atoms with Crippen LogP contribution in [-0.4, -0.2) is 33.6 Å². The SMILES string of the molecule is CCOC1(C)SCCSC1O. The summed E-state index contributed by atoms with van der Waals surface area (Å²) in [6.07, 6.45) is 0. The zero-order chi connectivity index (χ0) is 8.32. The number of aliphatic hydroxyl groups excluding tert-OH is 1. The second kappa shape index (κ2) is 4.03. The number of rotatable bonds is 2. The Morgan fingerprint density at radius 3 is 2.91 bits per heavy atom. The zero-order valence-electron chi connectivity index (χ0n) is 6.87. The number of ether oxygens (including phenoxy) is 1. The van der Waals surface area contributed by atoms with Crippen LogP contribution >= 0.6 is 23.5 Å². The van der Waals surface area contributed by atoms with Crippen LogP contribution in [0.25, 0.3) is 0 Å². The smallest absolute Gasteiger partial charge is 0.146 e. The lowest BCUT2D eigenvalue weighted by Gasteiger charge is -2.36. The van der Waals surface area contributed by atoms with Crippen LogP contribution in [0, 0.1) is 0 Å². The molecule has 0 aromatic heterocycles. The Morgan fingerprint density at radius 2 is 2.36 bits per heavy atom. The molecular weight excluding hydrogens is 180 g/mol. The monoisotopic (exact) mass is 194 g/mol. The highest BCUT2D eigenvalue weighted by Gasteiger charge is 2.37. The highest BCUT2D eigenvalue weighted by molar-refractivity contribution is 8.07. The van der Waals surface area contributed by atoms with Crippen LogP contribution in [0.5, 0.6) is 0 Å². The van der Waals surface area contributed by atoms with E-state index in [9.17, 15) is 5.11 Å². The minimum absolute atomic E-state index is 0.374. The third kappa shape index (κ3) is 2.28. The number of aliphatic hydroxyl groups is 1. The maximum Gasteiger partial charge on any atom is 0.146 e. The van der Waals surface area contributed by atoms with E-state index in [2.05, 4.69) is 0 Å². The second-order valence-corrected chi connectivity index (χ2v) is 5.22. The summed E-state index contributed by atoms with van der Waals surface area (Å²) < 4.78 is 5.47. The molecule has 0 bridgehead atoms. The Kier molecular flexibility index (Phi) is 3.55. The van der Waals surface area contributed by atoms with Gasteiger partial charge in [0.05, 0.1) is 0 Å². The molecule has 0 spiro atoms. The first-order chi connectivity index (χ1) is 5.19. The van der Waals surface area contributed by atoms with E-state index in [1.807, 2.05) is 13.8 Å². The van der Waals surface area contributed by atoms with Gasteiger partial charge in [-0.25, -0.2) is 0 Å². The molecule has 1 aliphatic rings. The molecule has 2 unspecified atom stereocenters. The maximum atomic E-state index is 9.58. The quantitative estimate of drug-likeness (QED) is 0.722. The van der Waals surface area contributed by atoms with Crippen LogP contribution in [0.4, 0.5) is 0 Å². The summed E-state index contributed by atoms with van der Waals surface area (Å²) >= 11 is 3.28. The summed E-state index contributed by atoms with van der Waals surface area (Å²) in [6.45, 7) is 4.58. The molecular formula is C7H14O2S2. The van der Waals surface area contributed by atoms with E-state index in [1.165, 1.54) is 0 Å². The van der Waals surface area contributed by atoms with E-state index in [4.69, 9.17) is 4.74 Å². The molecule has 0 aromatic rings. The summed E-state index contributed by atoms with van der Waals surface area (Å²) in [7, 11) is 0. The van der Waals surface area contributed by atoms with E-state index in [-0.39, 0.29) is 10.4 Å². The minimum Gasteiger partial charge on any atom is -0.378 e. The first kappa shape index (κ1) is 9.71. The van der Waals surface area contributed by atoms with Crippen LogP contribution in [-0.2, 0) is 4.74 Å². The standard InChI is InChI=1S/C7H14O2S2/c1-3-9-7(2)6(8)10-4-5-11-7/h6,8H,3-5H2,1-2H3. The Hall–Kier alpha value is 0.620. The zero-order valence-corrected chi connectivity index (χ0v) is 8.50. The second-order valence-electron chi connectivity index (χ2n) is 2.52. The van der Waals surface area contributed by atoms with Gasteiger partial charge in [-0.15, -0.1) is 23.5 Å². The number of thioether (sulfide) groups is 2. The predicted octanol–water partition coefficient (Wildman–Crippen LogP) is 1.54. The van der Waals surface area contributed by atoms with E-state index in [0.717, 1.165) is 11.5 Å². The van der Waals surface area contributed by atoms with Crippen molar-refractivity contribution in [1.29, 1.82) is 0 Å². The van der Waals surface area contributed by atoms with Gasteiger partial charge in [-0.05, 0) is 13.8 Å². The van der Waals surface area contributed by atoms with Gasteiger partial charge in [0, 0.05) is 18.1 Å². The van der Waals surface area contributed by atoms with Crippen molar-refractivity contribution in [1.82, 2.24) is 0 Å². The molecule has 1 aliphatic heterocycles. The molecule has 1 N–H and O–H groups in total. The van der Waals surface area contributed by atoms with Gasteiger partial charge in [0.2, 0.25) is 0 Å². The third-order valence-electron chi connectivity index (χ3n) is 1.63. The lowest BCUT2D eigenvalue weighted by atomic mass is 10.4. The number of hydrogen-bond donors (Lipinski definition) is 1. The van der Waals surface area contributed by atoms with E-state index < -0.39 is 0 Å². The fourth-order valence-electron chi connectivity index (χ4n) is 1.03. The first-order valence-corrected chi connectivity index (χ1v) is 5.80. The third-order valence-corrected chi connectivity index (χ3v) is 4.56. The van der Waals surface area contributed by atoms with Crippen molar-refractivity contribution in [2.75, 3.05) is 18.1 Å². The molecule has 0 amide bonds. The first-order valence-electron chi connectivity index (χ1n) is 3.76. The fourth-order valence-corrected chi connectivity index (χ4v) is 3.50. The molecule has 0 saturated carbocycles. The van der Waals surface area contributed by atoms with Crippen LogP contribution in [0.1, 0.15) is 13.8 Å². The van der Waals surface area contributed by atoms with Gasteiger partial charge in [-0.3, -0.25) is 0 Å². The van der Waals surface area contributed by atoms with E-state index >= 15 is 0 Å². The highest BCUT2D eigenvalue weighted by atomic mass is 32.2. The molecule has 4 heteroatoms. The molecule has 1 heterocycles. The van der Waals surface area contributed by atoms with Crippen LogP contribution in [0.2, 0.25) is 0 Å². The van der Waals surface area contributed by atoms with Gasteiger partial charge >= 0.3 is 0 Å². The van der Waals surface area contributed by atoms with Crippen molar-refractivity contribution in [3.05, 3.63) is 0 Å². The molecule has 1 rings (SSSR count). The van der Waals surface area contributed by atoms with Crippen molar-refractivity contribution < 1.29 is 9.84 Å². The molecule has 0 radical (unpaired) electrons. The molecule has 0 aliphatic carbocycles. The fraction of sp³-hybridized carbons (Fsp3) is 1.00. The molecule has 2 atom stereocenters. The van der Waals surface area contributed by atoms with Crippen molar-refractivity contribution in [3.63, 3.8) is 0 Å². The topological polar surface area (TPSA) is 29.5 Å². The molecule has 0 aromatic carbocycles. The Balaban J connectivity index is 2.49. The summed E-state index contributed by atoms with van der Waals surface area (Å²) in [5, 5.41) is 9.58. The van der Waals surface area contributed by atoms with Gasteiger partial charge in [0.15, 0.2) is 0 Å². The maximum absolute atomic E-state index is 9.58. The van der Waals surface area contributed by atoms with Crippen molar-refractivity contribution in [2.24, 2.45) is 0 Å².